The highest BCUT2D eigenvalue weighted by Gasteiger charge is 2.12. The molecule has 0 aliphatic heterocycles. The summed E-state index contributed by atoms with van der Waals surface area (Å²) in [6.07, 6.45) is 0. The zero-order chi connectivity index (χ0) is 30.6. The second-order valence-electron chi connectivity index (χ2n) is 5.20. The molecule has 2 heteroatoms. The smallest absolute Gasteiger partial charge is 0.136 e. The molecule has 0 fully saturated rings. The van der Waals surface area contributed by atoms with E-state index in [4.69, 9.17) is 36.6 Å². The number of furan rings is 1. The molecule has 0 unspecified atom stereocenters. The van der Waals surface area contributed by atoms with Crippen LogP contribution in [0.25, 0.3) is 44.2 Å². The van der Waals surface area contributed by atoms with Crippen molar-refractivity contribution in [2.75, 3.05) is 0 Å². The molecule has 26 heavy (non-hydrogen) atoms. The van der Waals surface area contributed by atoms with Crippen LogP contribution in [-0.2, 0) is 0 Å². The van der Waals surface area contributed by atoms with Gasteiger partial charge in [0, 0.05) is 21.8 Å². The van der Waals surface area contributed by atoms with E-state index in [1.165, 1.54) is 0 Å². The van der Waals surface area contributed by atoms with Gasteiger partial charge in [0.05, 0.1) is 20.6 Å². The van der Waals surface area contributed by atoms with Gasteiger partial charge in [-0.25, -0.2) is 0 Å². The van der Waals surface area contributed by atoms with Crippen molar-refractivity contribution in [3.8, 4) is 22.3 Å². The van der Waals surface area contributed by atoms with Crippen molar-refractivity contribution in [2.45, 2.75) is 0 Å². The minimum Gasteiger partial charge on any atom is -0.456 e. The standard InChI is InChI=1S/C24H15ClO/c25-19-13-14-21-23(15-19)26-22-8-4-7-20(24(21)22)18-11-9-17(10-12-18)16-5-2-1-3-6-16/h1-15H/i1D,2D,3D,4D,5D,6D,7D,8D,9D,10D,11D,12D,13D,14D,15D. The maximum absolute atomic E-state index is 8.77. The van der Waals surface area contributed by atoms with Crippen molar-refractivity contribution in [1.82, 2.24) is 0 Å². The Morgan fingerprint density at radius 1 is 0.654 bits per heavy atom. The normalized spacial score (nSPS) is 19.3. The van der Waals surface area contributed by atoms with Gasteiger partial charge in [0.25, 0.3) is 0 Å². The number of halogens is 1. The van der Waals surface area contributed by atoms with Crippen molar-refractivity contribution in [3.63, 3.8) is 0 Å². The highest BCUT2D eigenvalue weighted by molar-refractivity contribution is 6.31. The molecule has 5 aromatic rings. The number of fused-ring (bicyclic) bond motifs is 3. The number of rotatable bonds is 2. The number of hydrogen-bond donors (Lipinski definition) is 0. The lowest BCUT2D eigenvalue weighted by atomic mass is 9.97. The molecule has 124 valence electrons. The van der Waals surface area contributed by atoms with Crippen molar-refractivity contribution in [3.05, 3.63) is 95.7 Å². The lowest BCUT2D eigenvalue weighted by molar-refractivity contribution is 0.669. The third-order valence-electron chi connectivity index (χ3n) is 3.67. The van der Waals surface area contributed by atoms with Gasteiger partial charge in [-0.2, -0.15) is 0 Å². The Labute approximate surface area is 177 Å². The summed E-state index contributed by atoms with van der Waals surface area (Å²) in [5.41, 5.74) is -2.86. The quantitative estimate of drug-likeness (QED) is 0.312. The van der Waals surface area contributed by atoms with Crippen molar-refractivity contribution in [1.29, 1.82) is 0 Å². The van der Waals surface area contributed by atoms with Crippen molar-refractivity contribution in [2.24, 2.45) is 0 Å². The molecule has 0 aliphatic rings. The Hall–Kier alpha value is -3.03. The van der Waals surface area contributed by atoms with Crippen LogP contribution in [-0.4, -0.2) is 0 Å². The van der Waals surface area contributed by atoms with Gasteiger partial charge >= 0.3 is 0 Å². The predicted octanol–water partition coefficient (Wildman–Crippen LogP) is 7.57. The zero-order valence-corrected chi connectivity index (χ0v) is 13.5. The van der Waals surface area contributed by atoms with Crippen LogP contribution in [0.1, 0.15) is 20.6 Å². The van der Waals surface area contributed by atoms with Gasteiger partial charge in [-0.05, 0) is 40.4 Å². The second-order valence-corrected chi connectivity index (χ2v) is 5.58. The third kappa shape index (κ3) is 2.49. The molecule has 0 bridgehead atoms. The van der Waals surface area contributed by atoms with Gasteiger partial charge in [0.1, 0.15) is 11.2 Å². The predicted molar refractivity (Wildman–Crippen MR) is 110 cm³/mol. The fourth-order valence-corrected chi connectivity index (χ4v) is 2.68. The summed E-state index contributed by atoms with van der Waals surface area (Å²) in [7, 11) is 0. The first-order chi connectivity index (χ1) is 19.1. The van der Waals surface area contributed by atoms with E-state index in [0.717, 1.165) is 0 Å². The van der Waals surface area contributed by atoms with E-state index < -0.39 is 123 Å². The van der Waals surface area contributed by atoms with Gasteiger partial charge in [0.2, 0.25) is 0 Å². The van der Waals surface area contributed by atoms with Gasteiger partial charge in [-0.1, -0.05) is 78.1 Å². The molecule has 0 saturated heterocycles. The molecule has 0 aliphatic carbocycles. The number of benzene rings is 4. The summed E-state index contributed by atoms with van der Waals surface area (Å²) in [6, 6.07) is -10.6. The van der Waals surface area contributed by atoms with Crippen LogP contribution in [0.3, 0.4) is 0 Å². The van der Waals surface area contributed by atoms with Crippen LogP contribution >= 0.6 is 11.6 Å². The first-order valence-electron chi connectivity index (χ1n) is 14.8. The topological polar surface area (TPSA) is 13.1 Å². The minimum absolute atomic E-state index is 0.247. The Bertz CT molecular complexity index is 1960. The molecule has 0 amide bonds. The molecule has 0 N–H and O–H groups in total. The first kappa shape index (κ1) is 6.29. The molecule has 0 atom stereocenters. The molecule has 4 aromatic carbocycles. The summed E-state index contributed by atoms with van der Waals surface area (Å²) in [4.78, 5) is 0. The second kappa shape index (κ2) is 6.05. The van der Waals surface area contributed by atoms with Crippen molar-refractivity contribution >= 4 is 33.5 Å². The largest absolute Gasteiger partial charge is 0.456 e. The molecule has 1 aromatic heterocycles. The van der Waals surface area contributed by atoms with E-state index in [1.807, 2.05) is 0 Å². The molecule has 1 heterocycles. The molecule has 0 spiro atoms. The van der Waals surface area contributed by atoms with E-state index in [2.05, 4.69) is 0 Å². The van der Waals surface area contributed by atoms with Crippen molar-refractivity contribution < 1.29 is 25.0 Å². The summed E-state index contributed by atoms with van der Waals surface area (Å²) in [6.45, 7) is 0. The lowest BCUT2D eigenvalue weighted by Gasteiger charge is -2.06. The molecule has 1 nitrogen and oxygen atoms in total. The fourth-order valence-electron chi connectivity index (χ4n) is 2.55. The summed E-state index contributed by atoms with van der Waals surface area (Å²) >= 11 is 6.02. The van der Waals surface area contributed by atoms with Crippen LogP contribution < -0.4 is 0 Å². The van der Waals surface area contributed by atoms with E-state index in [-0.39, 0.29) is 16.4 Å². The maximum Gasteiger partial charge on any atom is 0.136 e. The van der Waals surface area contributed by atoms with E-state index >= 15 is 0 Å². The van der Waals surface area contributed by atoms with Crippen LogP contribution in [0.5, 0.6) is 0 Å². The van der Waals surface area contributed by atoms with E-state index in [1.54, 1.807) is 0 Å². The van der Waals surface area contributed by atoms with Crippen LogP contribution in [0.2, 0.25) is 5.02 Å². The molecule has 5 rings (SSSR count). The lowest BCUT2D eigenvalue weighted by Crippen LogP contribution is -1.81. The summed E-state index contributed by atoms with van der Waals surface area (Å²) < 4.78 is 131. The first-order valence-corrected chi connectivity index (χ1v) is 7.73. The zero-order valence-electron chi connectivity index (χ0n) is 27.8. The van der Waals surface area contributed by atoms with Gasteiger partial charge in [0.15, 0.2) is 0 Å². The van der Waals surface area contributed by atoms with Crippen LogP contribution in [0.15, 0.2) is 95.1 Å². The molecule has 0 saturated carbocycles. The summed E-state index contributed by atoms with van der Waals surface area (Å²) in [5, 5.41) is -0.923. The Morgan fingerprint density at radius 3 is 2.19 bits per heavy atom. The van der Waals surface area contributed by atoms with Crippen LogP contribution in [0.4, 0.5) is 0 Å². The minimum atomic E-state index is -0.808. The Balaban J connectivity index is 2.01. The third-order valence-corrected chi connectivity index (χ3v) is 3.86. The highest BCUT2D eigenvalue weighted by atomic mass is 35.5. The monoisotopic (exact) mass is 369 g/mol. The fraction of sp³-hybridized carbons (Fsp3) is 0. The average molecular weight is 370 g/mol. The maximum atomic E-state index is 8.77. The summed E-state index contributed by atoms with van der Waals surface area (Å²) in [5.74, 6) is 0. The SMILES string of the molecule is [2H]c1c([2H])c([2H])c(-c2c([2H])c([2H])c(-c3c([2H])c([2H])c([2H])c4oc5c([2H])c(Cl)c([2H])c([2H])c5c34)c([2H])c2[2H])c([2H])c1[2H]. The van der Waals surface area contributed by atoms with Gasteiger partial charge in [-0.15, -0.1) is 0 Å². The van der Waals surface area contributed by atoms with Crippen LogP contribution in [0, 0.1) is 0 Å². The van der Waals surface area contributed by atoms with E-state index in [9.17, 15) is 0 Å². The number of hydrogen-bond acceptors (Lipinski definition) is 1. The average Bonchev–Trinajstić information content (AvgIpc) is 3.34. The highest BCUT2D eigenvalue weighted by Crippen LogP contribution is 2.37. The van der Waals surface area contributed by atoms with Gasteiger partial charge in [-0.3, -0.25) is 0 Å². The Kier molecular flexibility index (Phi) is 1.46. The van der Waals surface area contributed by atoms with Gasteiger partial charge < -0.3 is 4.42 Å². The Morgan fingerprint density at radius 2 is 1.38 bits per heavy atom. The van der Waals surface area contributed by atoms with E-state index in [0.29, 0.717) is 0 Å². The molecular formula is C24H15ClO. The molecule has 0 radical (unpaired) electrons. The molecular weight excluding hydrogens is 340 g/mol.